The second-order valence-corrected chi connectivity index (χ2v) is 6.05. The molecule has 112 valence electrons. The van der Waals surface area contributed by atoms with Gasteiger partial charge in [0.25, 0.3) is 0 Å². The summed E-state index contributed by atoms with van der Waals surface area (Å²) < 4.78 is 0. The first kappa shape index (κ1) is 14.6. The van der Waals surface area contributed by atoms with E-state index in [2.05, 4.69) is 91.7 Å². The molecule has 1 aliphatic heterocycles. The molecule has 3 rings (SSSR count). The van der Waals surface area contributed by atoms with Crippen molar-refractivity contribution in [1.82, 2.24) is 4.90 Å². The van der Waals surface area contributed by atoms with Crippen molar-refractivity contribution >= 4 is 0 Å². The van der Waals surface area contributed by atoms with E-state index in [9.17, 15) is 0 Å². The minimum absolute atomic E-state index is 0.438. The van der Waals surface area contributed by atoms with Crippen LogP contribution in [0.1, 0.15) is 25.0 Å². The number of rotatable bonds is 4. The van der Waals surface area contributed by atoms with Gasteiger partial charge in [0.1, 0.15) is 0 Å². The van der Waals surface area contributed by atoms with Gasteiger partial charge >= 0.3 is 0 Å². The van der Waals surface area contributed by atoms with Gasteiger partial charge in [-0.15, -0.1) is 0 Å². The third-order valence-electron chi connectivity index (χ3n) is 4.52. The Kier molecular flexibility index (Phi) is 4.43. The van der Waals surface area contributed by atoms with Crippen LogP contribution in [-0.2, 0) is 13.0 Å². The maximum absolute atomic E-state index is 2.46. The molecule has 0 aliphatic carbocycles. The molecule has 1 unspecified atom stereocenters. The van der Waals surface area contributed by atoms with Gasteiger partial charge in [-0.1, -0.05) is 60.7 Å². The molecule has 1 atom stereocenters. The van der Waals surface area contributed by atoms with Crippen molar-refractivity contribution in [3.8, 4) is 0 Å². The summed E-state index contributed by atoms with van der Waals surface area (Å²) in [7, 11) is 0. The van der Waals surface area contributed by atoms with Gasteiger partial charge in [-0.2, -0.15) is 0 Å². The van der Waals surface area contributed by atoms with Gasteiger partial charge in [0.15, 0.2) is 0 Å². The summed E-state index contributed by atoms with van der Waals surface area (Å²) in [5, 5.41) is 0. The lowest BCUT2D eigenvalue weighted by Gasteiger charge is -2.35. The van der Waals surface area contributed by atoms with Crippen LogP contribution in [0.5, 0.6) is 0 Å². The zero-order chi connectivity index (χ0) is 15.4. The molecule has 0 radical (unpaired) electrons. The predicted octanol–water partition coefficient (Wildman–Crippen LogP) is 4.96. The van der Waals surface area contributed by atoms with E-state index in [4.69, 9.17) is 0 Å². The first-order chi connectivity index (χ1) is 10.7. The molecular weight excluding hydrogens is 266 g/mol. The van der Waals surface area contributed by atoms with E-state index < -0.39 is 0 Å². The van der Waals surface area contributed by atoms with Crippen LogP contribution in [-0.4, -0.2) is 10.9 Å². The molecule has 0 spiro atoms. The maximum Gasteiger partial charge on any atom is 0.0543 e. The lowest BCUT2D eigenvalue weighted by Crippen LogP contribution is -2.35. The third-order valence-corrected chi connectivity index (χ3v) is 4.52. The largest absolute Gasteiger partial charge is 0.366 e. The Morgan fingerprint density at radius 2 is 1.41 bits per heavy atom. The number of hydrogen-bond donors (Lipinski definition) is 0. The highest BCUT2D eigenvalue weighted by molar-refractivity contribution is 5.33. The van der Waals surface area contributed by atoms with Gasteiger partial charge in [-0.05, 0) is 48.6 Å². The van der Waals surface area contributed by atoms with Crippen molar-refractivity contribution in [3.05, 3.63) is 95.2 Å². The van der Waals surface area contributed by atoms with Crippen LogP contribution in [0.25, 0.3) is 0 Å². The van der Waals surface area contributed by atoms with E-state index >= 15 is 0 Å². The standard InChI is InChI=1S/C21H23N/c1-17-13-14-22(16-20-11-7-4-8-12-20)21(18(17)2)15-19-9-5-3-6-10-19/h3-14,21H,15-16H2,1-2H3. The average molecular weight is 289 g/mol. The molecule has 0 aromatic heterocycles. The number of allylic oxidation sites excluding steroid dienone is 2. The van der Waals surface area contributed by atoms with Gasteiger partial charge in [-0.25, -0.2) is 0 Å². The minimum Gasteiger partial charge on any atom is -0.366 e. The first-order valence-electron chi connectivity index (χ1n) is 7.93. The Balaban J connectivity index is 1.83. The summed E-state index contributed by atoms with van der Waals surface area (Å²) in [6, 6.07) is 21.9. The minimum atomic E-state index is 0.438. The quantitative estimate of drug-likeness (QED) is 0.768. The summed E-state index contributed by atoms with van der Waals surface area (Å²) >= 11 is 0. The Hall–Kier alpha value is -2.28. The molecule has 0 amide bonds. The molecule has 2 aromatic rings. The fraction of sp³-hybridized carbons (Fsp3) is 0.238. The van der Waals surface area contributed by atoms with Crippen LogP contribution >= 0.6 is 0 Å². The molecule has 0 N–H and O–H groups in total. The number of nitrogens with zero attached hydrogens (tertiary/aromatic N) is 1. The summed E-state index contributed by atoms with van der Waals surface area (Å²) in [6.45, 7) is 5.44. The molecule has 1 aliphatic rings. The predicted molar refractivity (Wildman–Crippen MR) is 93.4 cm³/mol. The summed E-state index contributed by atoms with van der Waals surface area (Å²) in [6.07, 6.45) is 5.55. The SMILES string of the molecule is CC1=C(C)C(Cc2ccccc2)N(Cc2ccccc2)C=C1. The van der Waals surface area contributed by atoms with E-state index in [-0.39, 0.29) is 0 Å². The molecule has 0 saturated carbocycles. The van der Waals surface area contributed by atoms with Crippen molar-refractivity contribution in [3.63, 3.8) is 0 Å². The second kappa shape index (κ2) is 6.65. The highest BCUT2D eigenvalue weighted by Crippen LogP contribution is 2.26. The van der Waals surface area contributed by atoms with Crippen LogP contribution in [0, 0.1) is 0 Å². The first-order valence-corrected chi connectivity index (χ1v) is 7.93. The van der Waals surface area contributed by atoms with E-state index in [1.165, 1.54) is 22.3 Å². The maximum atomic E-state index is 2.46. The number of benzene rings is 2. The third kappa shape index (κ3) is 3.30. The topological polar surface area (TPSA) is 3.24 Å². The summed E-state index contributed by atoms with van der Waals surface area (Å²) in [4.78, 5) is 2.46. The van der Waals surface area contributed by atoms with Crippen molar-refractivity contribution in [2.24, 2.45) is 0 Å². The van der Waals surface area contributed by atoms with Gasteiger partial charge in [0.05, 0.1) is 6.04 Å². The van der Waals surface area contributed by atoms with E-state index in [0.29, 0.717) is 6.04 Å². The molecule has 0 fully saturated rings. The fourth-order valence-corrected chi connectivity index (χ4v) is 3.02. The Morgan fingerprint density at radius 3 is 2.05 bits per heavy atom. The van der Waals surface area contributed by atoms with Crippen LogP contribution in [0.15, 0.2) is 84.1 Å². The zero-order valence-corrected chi connectivity index (χ0v) is 13.4. The molecule has 2 aromatic carbocycles. The van der Waals surface area contributed by atoms with Crippen molar-refractivity contribution in [2.45, 2.75) is 32.9 Å². The van der Waals surface area contributed by atoms with E-state index in [1.54, 1.807) is 0 Å². The van der Waals surface area contributed by atoms with Crippen molar-refractivity contribution < 1.29 is 0 Å². The van der Waals surface area contributed by atoms with Crippen LogP contribution < -0.4 is 0 Å². The zero-order valence-electron chi connectivity index (χ0n) is 13.4. The highest BCUT2D eigenvalue weighted by atomic mass is 15.1. The Labute approximate surface area is 133 Å². The lowest BCUT2D eigenvalue weighted by atomic mass is 9.92. The summed E-state index contributed by atoms with van der Waals surface area (Å²) in [5.41, 5.74) is 5.62. The van der Waals surface area contributed by atoms with Gasteiger partial charge in [0, 0.05) is 12.7 Å². The van der Waals surface area contributed by atoms with Gasteiger partial charge in [-0.3, -0.25) is 0 Å². The van der Waals surface area contributed by atoms with Gasteiger partial charge < -0.3 is 4.90 Å². The van der Waals surface area contributed by atoms with Crippen LogP contribution in [0.2, 0.25) is 0 Å². The Morgan fingerprint density at radius 1 is 0.818 bits per heavy atom. The van der Waals surface area contributed by atoms with Crippen LogP contribution in [0.4, 0.5) is 0 Å². The molecule has 22 heavy (non-hydrogen) atoms. The second-order valence-electron chi connectivity index (χ2n) is 6.05. The summed E-state index contributed by atoms with van der Waals surface area (Å²) in [5.74, 6) is 0. The molecule has 1 heteroatoms. The molecular formula is C21H23N. The van der Waals surface area contributed by atoms with Gasteiger partial charge in [0.2, 0.25) is 0 Å². The average Bonchev–Trinajstić information content (AvgIpc) is 2.56. The molecule has 1 heterocycles. The smallest absolute Gasteiger partial charge is 0.0543 e. The van der Waals surface area contributed by atoms with E-state index in [1.807, 2.05) is 0 Å². The molecule has 0 bridgehead atoms. The van der Waals surface area contributed by atoms with Crippen LogP contribution in [0.3, 0.4) is 0 Å². The molecule has 1 nitrogen and oxygen atoms in total. The highest BCUT2D eigenvalue weighted by Gasteiger charge is 2.22. The van der Waals surface area contributed by atoms with Crippen molar-refractivity contribution in [2.75, 3.05) is 0 Å². The lowest BCUT2D eigenvalue weighted by molar-refractivity contribution is 0.291. The Bertz CT molecular complexity index is 668. The monoisotopic (exact) mass is 289 g/mol. The molecule has 0 saturated heterocycles. The van der Waals surface area contributed by atoms with E-state index in [0.717, 1.165) is 13.0 Å². The van der Waals surface area contributed by atoms with Crippen molar-refractivity contribution in [1.29, 1.82) is 0 Å². The fourth-order valence-electron chi connectivity index (χ4n) is 3.02. The number of hydrogen-bond acceptors (Lipinski definition) is 1. The normalized spacial score (nSPS) is 17.9.